The molecule has 0 spiro atoms. The first-order valence-electron chi connectivity index (χ1n) is 8.52. The van der Waals surface area contributed by atoms with E-state index in [0.717, 1.165) is 12.5 Å². The Kier molecular flexibility index (Phi) is 6.09. The second-order valence-corrected chi connectivity index (χ2v) is 6.49. The van der Waals surface area contributed by atoms with Crippen LogP contribution in [0.1, 0.15) is 74.6 Å². The summed E-state index contributed by atoms with van der Waals surface area (Å²) in [5.41, 5.74) is 4.43. The molecule has 1 aromatic rings. The second kappa shape index (κ2) is 7.83. The van der Waals surface area contributed by atoms with Gasteiger partial charge in [-0.25, -0.2) is 0 Å². The zero-order valence-electron chi connectivity index (χ0n) is 13.5. The molecule has 20 heavy (non-hydrogen) atoms. The Morgan fingerprint density at radius 3 is 2.45 bits per heavy atom. The minimum atomic E-state index is 0.544. The number of benzene rings is 1. The van der Waals surface area contributed by atoms with Gasteiger partial charge < -0.3 is 5.32 Å². The summed E-state index contributed by atoms with van der Waals surface area (Å²) >= 11 is 0. The smallest absolute Gasteiger partial charge is 0.0325 e. The molecule has 112 valence electrons. The van der Waals surface area contributed by atoms with E-state index in [4.69, 9.17) is 0 Å². The van der Waals surface area contributed by atoms with Crippen molar-refractivity contribution in [1.82, 2.24) is 5.32 Å². The van der Waals surface area contributed by atoms with Crippen molar-refractivity contribution >= 4 is 0 Å². The first-order chi connectivity index (χ1) is 9.72. The van der Waals surface area contributed by atoms with Crippen LogP contribution in [-0.2, 0) is 0 Å². The highest BCUT2D eigenvalue weighted by Gasteiger charge is 2.20. The van der Waals surface area contributed by atoms with Gasteiger partial charge in [0.05, 0.1) is 0 Å². The first-order valence-corrected chi connectivity index (χ1v) is 8.52. The van der Waals surface area contributed by atoms with E-state index in [0.29, 0.717) is 6.04 Å². The molecule has 1 atom stereocenters. The molecule has 1 nitrogen and oxygen atoms in total. The van der Waals surface area contributed by atoms with Crippen molar-refractivity contribution in [3.05, 3.63) is 34.9 Å². The van der Waals surface area contributed by atoms with Crippen molar-refractivity contribution in [3.8, 4) is 0 Å². The monoisotopic (exact) mass is 273 g/mol. The topological polar surface area (TPSA) is 12.0 Å². The van der Waals surface area contributed by atoms with Gasteiger partial charge in [-0.3, -0.25) is 0 Å². The van der Waals surface area contributed by atoms with E-state index in [2.05, 4.69) is 44.3 Å². The van der Waals surface area contributed by atoms with E-state index < -0.39 is 0 Å². The lowest BCUT2D eigenvalue weighted by Crippen LogP contribution is -2.24. The van der Waals surface area contributed by atoms with Crippen molar-refractivity contribution < 1.29 is 0 Å². The molecule has 2 rings (SSSR count). The second-order valence-electron chi connectivity index (χ2n) is 6.49. The van der Waals surface area contributed by atoms with Crippen LogP contribution in [0, 0.1) is 19.8 Å². The van der Waals surface area contributed by atoms with Gasteiger partial charge in [-0.1, -0.05) is 63.6 Å². The molecule has 1 saturated carbocycles. The summed E-state index contributed by atoms with van der Waals surface area (Å²) in [5.74, 6) is 0.918. The molecule has 1 aliphatic rings. The van der Waals surface area contributed by atoms with Crippen LogP contribution in [0.5, 0.6) is 0 Å². The van der Waals surface area contributed by atoms with Gasteiger partial charge in [0.1, 0.15) is 0 Å². The maximum absolute atomic E-state index is 3.73. The van der Waals surface area contributed by atoms with E-state index in [1.165, 1.54) is 61.6 Å². The molecule has 0 heterocycles. The molecule has 0 aliphatic heterocycles. The Morgan fingerprint density at radius 2 is 1.80 bits per heavy atom. The minimum absolute atomic E-state index is 0.544. The SMILES string of the molecule is CCNC(CC1CCCCCC1)c1cccc(C)c1C. The summed E-state index contributed by atoms with van der Waals surface area (Å²) in [6.45, 7) is 7.80. The van der Waals surface area contributed by atoms with Crippen molar-refractivity contribution in [2.75, 3.05) is 6.54 Å². The average Bonchev–Trinajstić information content (AvgIpc) is 2.70. The van der Waals surface area contributed by atoms with Crippen LogP contribution in [-0.4, -0.2) is 6.54 Å². The molecule has 1 unspecified atom stereocenters. The average molecular weight is 273 g/mol. The highest BCUT2D eigenvalue weighted by molar-refractivity contribution is 5.35. The molecule has 0 aromatic heterocycles. The van der Waals surface area contributed by atoms with Crippen LogP contribution in [0.3, 0.4) is 0 Å². The van der Waals surface area contributed by atoms with Gasteiger partial charge in [0.15, 0.2) is 0 Å². The largest absolute Gasteiger partial charge is 0.310 e. The van der Waals surface area contributed by atoms with E-state index in [-0.39, 0.29) is 0 Å². The van der Waals surface area contributed by atoms with Gasteiger partial charge in [0, 0.05) is 6.04 Å². The summed E-state index contributed by atoms with van der Waals surface area (Å²) in [6, 6.07) is 7.32. The number of aryl methyl sites for hydroxylation is 1. The number of hydrogen-bond acceptors (Lipinski definition) is 1. The first kappa shape index (κ1) is 15.6. The van der Waals surface area contributed by atoms with E-state index in [1.807, 2.05) is 0 Å². The third-order valence-corrected chi connectivity index (χ3v) is 5.02. The lowest BCUT2D eigenvalue weighted by atomic mass is 9.87. The molecular weight excluding hydrogens is 242 g/mol. The predicted octanol–water partition coefficient (Wildman–Crippen LogP) is 5.31. The van der Waals surface area contributed by atoms with Gasteiger partial charge in [-0.05, 0) is 49.4 Å². The van der Waals surface area contributed by atoms with Crippen LogP contribution in [0.15, 0.2) is 18.2 Å². The maximum atomic E-state index is 3.73. The van der Waals surface area contributed by atoms with Crippen LogP contribution < -0.4 is 5.32 Å². The molecule has 0 saturated heterocycles. The fourth-order valence-corrected chi connectivity index (χ4v) is 3.65. The van der Waals surface area contributed by atoms with Crippen molar-refractivity contribution in [2.45, 2.75) is 71.8 Å². The van der Waals surface area contributed by atoms with Crippen molar-refractivity contribution in [2.24, 2.45) is 5.92 Å². The standard InChI is InChI=1S/C19H31N/c1-4-20-19(14-17-11-7-5-6-8-12-17)18-13-9-10-15(2)16(18)3/h9-10,13,17,19-20H,4-8,11-12,14H2,1-3H3. The molecule has 1 N–H and O–H groups in total. The lowest BCUT2D eigenvalue weighted by Gasteiger charge is -2.25. The zero-order valence-corrected chi connectivity index (χ0v) is 13.5. The molecule has 1 aliphatic carbocycles. The number of rotatable bonds is 5. The molecule has 0 bridgehead atoms. The quantitative estimate of drug-likeness (QED) is 0.716. The Balaban J connectivity index is 2.11. The van der Waals surface area contributed by atoms with Gasteiger partial charge in [0.25, 0.3) is 0 Å². The Labute approximate surface area is 125 Å². The van der Waals surface area contributed by atoms with E-state index in [1.54, 1.807) is 0 Å². The lowest BCUT2D eigenvalue weighted by molar-refractivity contribution is 0.359. The van der Waals surface area contributed by atoms with Crippen LogP contribution in [0.2, 0.25) is 0 Å². The number of hydrogen-bond donors (Lipinski definition) is 1. The Morgan fingerprint density at radius 1 is 1.10 bits per heavy atom. The van der Waals surface area contributed by atoms with Crippen LogP contribution >= 0.6 is 0 Å². The van der Waals surface area contributed by atoms with E-state index >= 15 is 0 Å². The van der Waals surface area contributed by atoms with Crippen molar-refractivity contribution in [1.29, 1.82) is 0 Å². The maximum Gasteiger partial charge on any atom is 0.0325 e. The molecule has 1 fully saturated rings. The Bertz CT molecular complexity index is 402. The summed E-state index contributed by atoms with van der Waals surface area (Å²) in [7, 11) is 0. The van der Waals surface area contributed by atoms with Crippen molar-refractivity contribution in [3.63, 3.8) is 0 Å². The third-order valence-electron chi connectivity index (χ3n) is 5.02. The van der Waals surface area contributed by atoms with Gasteiger partial charge in [-0.2, -0.15) is 0 Å². The van der Waals surface area contributed by atoms with E-state index in [9.17, 15) is 0 Å². The highest BCUT2D eigenvalue weighted by atomic mass is 14.9. The van der Waals surface area contributed by atoms with Gasteiger partial charge in [0.2, 0.25) is 0 Å². The zero-order chi connectivity index (χ0) is 14.4. The number of nitrogens with one attached hydrogen (secondary N) is 1. The summed E-state index contributed by atoms with van der Waals surface area (Å²) in [6.07, 6.45) is 9.97. The third kappa shape index (κ3) is 4.09. The predicted molar refractivity (Wildman–Crippen MR) is 88.1 cm³/mol. The van der Waals surface area contributed by atoms with Crippen LogP contribution in [0.25, 0.3) is 0 Å². The summed E-state index contributed by atoms with van der Waals surface area (Å²) in [5, 5.41) is 3.73. The molecule has 1 aromatic carbocycles. The normalized spacial score (nSPS) is 18.8. The van der Waals surface area contributed by atoms with Gasteiger partial charge in [-0.15, -0.1) is 0 Å². The fourth-order valence-electron chi connectivity index (χ4n) is 3.65. The Hall–Kier alpha value is -0.820. The van der Waals surface area contributed by atoms with Gasteiger partial charge >= 0.3 is 0 Å². The minimum Gasteiger partial charge on any atom is -0.310 e. The van der Waals surface area contributed by atoms with Crippen LogP contribution in [0.4, 0.5) is 0 Å². The molecule has 0 amide bonds. The molecule has 0 radical (unpaired) electrons. The summed E-state index contributed by atoms with van der Waals surface area (Å²) < 4.78 is 0. The molecule has 1 heteroatoms. The summed E-state index contributed by atoms with van der Waals surface area (Å²) in [4.78, 5) is 0. The highest BCUT2D eigenvalue weighted by Crippen LogP contribution is 2.32. The fraction of sp³-hybridized carbons (Fsp3) is 0.684. The molecular formula is C19H31N.